The molecule has 0 N–H and O–H groups in total. The molecule has 76 valence electrons. The van der Waals surface area contributed by atoms with Gasteiger partial charge in [0.15, 0.2) is 0 Å². The van der Waals surface area contributed by atoms with E-state index < -0.39 is 0 Å². The van der Waals surface area contributed by atoms with E-state index in [2.05, 4.69) is 4.98 Å². The molecule has 1 aromatic carbocycles. The number of Topliss-reactive ketones (excluding diaryl/α,β-unsaturated/α-hetero) is 1. The van der Waals surface area contributed by atoms with Gasteiger partial charge in [-0.1, -0.05) is 17.7 Å². The van der Waals surface area contributed by atoms with Crippen molar-refractivity contribution in [3.63, 3.8) is 0 Å². The van der Waals surface area contributed by atoms with Gasteiger partial charge in [0.1, 0.15) is 5.78 Å². The topological polar surface area (TPSA) is 30.0 Å². The number of hydrogen-bond donors (Lipinski definition) is 0. The van der Waals surface area contributed by atoms with Gasteiger partial charge >= 0.3 is 0 Å². The minimum absolute atomic E-state index is 0.157. The van der Waals surface area contributed by atoms with E-state index in [9.17, 15) is 4.79 Å². The monoisotopic (exact) mass is 219 g/mol. The molecule has 0 saturated heterocycles. The van der Waals surface area contributed by atoms with Crippen LogP contribution in [0.5, 0.6) is 0 Å². The molecule has 1 heterocycles. The van der Waals surface area contributed by atoms with E-state index in [4.69, 9.17) is 11.6 Å². The first-order valence-corrected chi connectivity index (χ1v) is 5.06. The molecular weight excluding hydrogens is 210 g/mol. The number of benzene rings is 1. The van der Waals surface area contributed by atoms with Gasteiger partial charge in [-0.3, -0.25) is 9.78 Å². The SMILES string of the molecule is CC(=O)Cc1ccc2ncc(Cl)cc2c1. The lowest BCUT2D eigenvalue weighted by Gasteiger charge is -2.01. The summed E-state index contributed by atoms with van der Waals surface area (Å²) in [6.45, 7) is 1.58. The number of ketones is 1. The van der Waals surface area contributed by atoms with Crippen LogP contribution >= 0.6 is 11.6 Å². The molecule has 0 aliphatic rings. The Morgan fingerprint density at radius 1 is 1.40 bits per heavy atom. The Labute approximate surface area is 92.9 Å². The van der Waals surface area contributed by atoms with E-state index in [1.54, 1.807) is 13.1 Å². The van der Waals surface area contributed by atoms with Crippen LogP contribution in [0.3, 0.4) is 0 Å². The Kier molecular flexibility index (Phi) is 2.69. The van der Waals surface area contributed by atoms with Gasteiger partial charge in [-0.2, -0.15) is 0 Å². The highest BCUT2D eigenvalue weighted by atomic mass is 35.5. The van der Waals surface area contributed by atoms with Crippen molar-refractivity contribution in [3.05, 3.63) is 41.0 Å². The van der Waals surface area contributed by atoms with Crippen molar-refractivity contribution in [2.45, 2.75) is 13.3 Å². The van der Waals surface area contributed by atoms with Crippen molar-refractivity contribution in [2.24, 2.45) is 0 Å². The van der Waals surface area contributed by atoms with Gasteiger partial charge in [0, 0.05) is 18.0 Å². The highest BCUT2D eigenvalue weighted by Gasteiger charge is 2.01. The molecule has 0 amide bonds. The second-order valence-corrected chi connectivity index (χ2v) is 4.00. The first kappa shape index (κ1) is 10.1. The van der Waals surface area contributed by atoms with Crippen LogP contribution in [0, 0.1) is 0 Å². The zero-order valence-electron chi connectivity index (χ0n) is 8.33. The van der Waals surface area contributed by atoms with Gasteiger partial charge in [0.25, 0.3) is 0 Å². The third-order valence-corrected chi connectivity index (χ3v) is 2.37. The van der Waals surface area contributed by atoms with Gasteiger partial charge in [-0.15, -0.1) is 0 Å². The highest BCUT2D eigenvalue weighted by molar-refractivity contribution is 6.31. The molecule has 2 rings (SSSR count). The number of fused-ring (bicyclic) bond motifs is 1. The summed E-state index contributed by atoms with van der Waals surface area (Å²) in [6.07, 6.45) is 2.08. The van der Waals surface area contributed by atoms with Crippen molar-refractivity contribution >= 4 is 28.3 Å². The first-order chi connectivity index (χ1) is 7.15. The molecule has 1 aromatic heterocycles. The summed E-state index contributed by atoms with van der Waals surface area (Å²) in [5.41, 5.74) is 1.89. The molecule has 0 radical (unpaired) electrons. The van der Waals surface area contributed by atoms with Crippen LogP contribution in [0.4, 0.5) is 0 Å². The van der Waals surface area contributed by atoms with Crippen LogP contribution in [-0.2, 0) is 11.2 Å². The smallest absolute Gasteiger partial charge is 0.134 e. The summed E-state index contributed by atoms with van der Waals surface area (Å²) >= 11 is 5.85. The maximum Gasteiger partial charge on any atom is 0.134 e. The van der Waals surface area contributed by atoms with Crippen LogP contribution in [0.15, 0.2) is 30.5 Å². The molecule has 15 heavy (non-hydrogen) atoms. The predicted octanol–water partition coefficient (Wildman–Crippen LogP) is 3.02. The number of aromatic nitrogens is 1. The van der Waals surface area contributed by atoms with E-state index in [1.807, 2.05) is 24.3 Å². The largest absolute Gasteiger partial charge is 0.300 e. The third-order valence-electron chi connectivity index (χ3n) is 2.17. The van der Waals surface area contributed by atoms with Crippen LogP contribution in [-0.4, -0.2) is 10.8 Å². The summed E-state index contributed by atoms with van der Waals surface area (Å²) in [5, 5.41) is 1.59. The molecule has 0 fully saturated rings. The summed E-state index contributed by atoms with van der Waals surface area (Å²) < 4.78 is 0. The van der Waals surface area contributed by atoms with Crippen LogP contribution < -0.4 is 0 Å². The lowest BCUT2D eigenvalue weighted by molar-refractivity contribution is -0.116. The summed E-state index contributed by atoms with van der Waals surface area (Å²) in [7, 11) is 0. The van der Waals surface area contributed by atoms with Crippen LogP contribution in [0.25, 0.3) is 10.9 Å². The Balaban J connectivity index is 2.49. The van der Waals surface area contributed by atoms with Gasteiger partial charge < -0.3 is 0 Å². The molecule has 0 aliphatic carbocycles. The van der Waals surface area contributed by atoms with E-state index in [-0.39, 0.29) is 5.78 Å². The zero-order valence-corrected chi connectivity index (χ0v) is 9.08. The minimum Gasteiger partial charge on any atom is -0.300 e. The minimum atomic E-state index is 0.157. The number of carbonyl (C=O) groups excluding carboxylic acids is 1. The van der Waals surface area contributed by atoms with Crippen molar-refractivity contribution in [1.29, 1.82) is 0 Å². The molecule has 0 spiro atoms. The predicted molar refractivity (Wildman–Crippen MR) is 61.1 cm³/mol. The van der Waals surface area contributed by atoms with Gasteiger partial charge in [0.05, 0.1) is 10.5 Å². The molecule has 0 atom stereocenters. The number of halogens is 1. The summed E-state index contributed by atoms with van der Waals surface area (Å²) in [6, 6.07) is 7.64. The number of nitrogens with zero attached hydrogens (tertiary/aromatic N) is 1. The molecular formula is C12H10ClNO. The summed E-state index contributed by atoms with van der Waals surface area (Å²) in [4.78, 5) is 15.2. The molecule has 0 aliphatic heterocycles. The average molecular weight is 220 g/mol. The van der Waals surface area contributed by atoms with Gasteiger partial charge in [0.2, 0.25) is 0 Å². The van der Waals surface area contributed by atoms with Crippen molar-refractivity contribution in [2.75, 3.05) is 0 Å². The van der Waals surface area contributed by atoms with Crippen molar-refractivity contribution in [3.8, 4) is 0 Å². The lowest BCUT2D eigenvalue weighted by Crippen LogP contribution is -1.95. The van der Waals surface area contributed by atoms with E-state index in [0.717, 1.165) is 16.5 Å². The number of carbonyl (C=O) groups is 1. The third kappa shape index (κ3) is 2.34. The Morgan fingerprint density at radius 2 is 2.20 bits per heavy atom. The van der Waals surface area contributed by atoms with E-state index >= 15 is 0 Å². The number of hydrogen-bond acceptors (Lipinski definition) is 2. The maximum atomic E-state index is 11.0. The highest BCUT2D eigenvalue weighted by Crippen LogP contribution is 2.18. The van der Waals surface area contributed by atoms with Gasteiger partial charge in [-0.25, -0.2) is 0 Å². The Hall–Kier alpha value is -1.41. The maximum absolute atomic E-state index is 11.0. The first-order valence-electron chi connectivity index (χ1n) is 4.69. The molecule has 0 bridgehead atoms. The second-order valence-electron chi connectivity index (χ2n) is 3.56. The molecule has 2 aromatic rings. The summed E-state index contributed by atoms with van der Waals surface area (Å²) in [5.74, 6) is 0.157. The van der Waals surface area contributed by atoms with Crippen molar-refractivity contribution < 1.29 is 4.79 Å². The molecule has 2 nitrogen and oxygen atoms in total. The number of rotatable bonds is 2. The Morgan fingerprint density at radius 3 is 2.93 bits per heavy atom. The quantitative estimate of drug-likeness (QED) is 0.777. The molecule has 0 unspecified atom stereocenters. The fourth-order valence-electron chi connectivity index (χ4n) is 1.55. The van der Waals surface area contributed by atoms with Crippen LogP contribution in [0.1, 0.15) is 12.5 Å². The van der Waals surface area contributed by atoms with E-state index in [0.29, 0.717) is 11.4 Å². The zero-order chi connectivity index (χ0) is 10.8. The standard InChI is InChI=1S/C12H10ClNO/c1-8(15)4-9-2-3-12-10(5-9)6-11(13)7-14-12/h2-3,5-7H,4H2,1H3. The lowest BCUT2D eigenvalue weighted by atomic mass is 10.1. The molecule has 0 saturated carbocycles. The second kappa shape index (κ2) is 3.99. The molecule has 3 heteroatoms. The normalized spacial score (nSPS) is 10.5. The fraction of sp³-hybridized carbons (Fsp3) is 0.167. The van der Waals surface area contributed by atoms with Gasteiger partial charge in [-0.05, 0) is 30.7 Å². The Bertz CT molecular complexity index is 522. The fourth-order valence-corrected chi connectivity index (χ4v) is 1.72. The number of pyridine rings is 1. The van der Waals surface area contributed by atoms with Crippen molar-refractivity contribution in [1.82, 2.24) is 4.98 Å². The van der Waals surface area contributed by atoms with Crippen LogP contribution in [0.2, 0.25) is 5.02 Å². The van der Waals surface area contributed by atoms with E-state index in [1.165, 1.54) is 0 Å². The average Bonchev–Trinajstić information content (AvgIpc) is 2.16.